The number of aliphatic hydroxyl groups excluding tert-OH is 1. The Morgan fingerprint density at radius 2 is 2.09 bits per heavy atom. The fourth-order valence-corrected chi connectivity index (χ4v) is 2.42. The van der Waals surface area contributed by atoms with Crippen LogP contribution in [0.15, 0.2) is 51.4 Å². The summed E-state index contributed by atoms with van der Waals surface area (Å²) in [6, 6.07) is 0. The first-order valence-electron chi connectivity index (χ1n) is 7.17. The first kappa shape index (κ1) is 14.3. The first-order chi connectivity index (χ1) is 10.5. The minimum Gasteiger partial charge on any atom is -0.507 e. The summed E-state index contributed by atoms with van der Waals surface area (Å²) < 4.78 is 5.74. The molecule has 4 heteroatoms. The van der Waals surface area contributed by atoms with E-state index in [4.69, 9.17) is 4.42 Å². The van der Waals surface area contributed by atoms with Gasteiger partial charge in [-0.05, 0) is 24.6 Å². The zero-order valence-electron chi connectivity index (χ0n) is 12.5. The van der Waals surface area contributed by atoms with Gasteiger partial charge in [0.05, 0.1) is 10.8 Å². The molecule has 1 N–H and O–H groups in total. The van der Waals surface area contributed by atoms with Crippen molar-refractivity contribution in [2.75, 3.05) is 0 Å². The van der Waals surface area contributed by atoms with Crippen molar-refractivity contribution in [1.82, 2.24) is 4.98 Å². The van der Waals surface area contributed by atoms with Crippen molar-refractivity contribution in [2.24, 2.45) is 5.41 Å². The lowest BCUT2D eigenvalue weighted by molar-refractivity contribution is 0.411. The van der Waals surface area contributed by atoms with Crippen molar-refractivity contribution < 1.29 is 9.52 Å². The molecule has 2 aliphatic carbocycles. The molecule has 0 unspecified atom stereocenters. The van der Waals surface area contributed by atoms with Crippen LogP contribution < -0.4 is 16.2 Å². The molecule has 0 radical (unpaired) electrons. The third-order valence-corrected chi connectivity index (χ3v) is 3.55. The summed E-state index contributed by atoms with van der Waals surface area (Å²) in [4.78, 5) is 16.2. The second-order valence-corrected chi connectivity index (χ2v) is 5.93. The van der Waals surface area contributed by atoms with Gasteiger partial charge >= 0.3 is 0 Å². The van der Waals surface area contributed by atoms with Gasteiger partial charge in [-0.2, -0.15) is 4.98 Å². The SMILES string of the molecule is CC1(C)C=CC=C(c2nc(=O)c3c(o2)=CC=CCC=3)C(O)=C1. The van der Waals surface area contributed by atoms with Crippen LogP contribution in [-0.2, 0) is 0 Å². The van der Waals surface area contributed by atoms with Crippen LogP contribution in [0.25, 0.3) is 17.7 Å². The Morgan fingerprint density at radius 1 is 1.27 bits per heavy atom. The molecule has 0 saturated heterocycles. The van der Waals surface area contributed by atoms with Crippen LogP contribution in [0, 0.1) is 5.41 Å². The van der Waals surface area contributed by atoms with E-state index in [-0.39, 0.29) is 22.6 Å². The van der Waals surface area contributed by atoms with E-state index in [0.717, 1.165) is 0 Å². The zero-order chi connectivity index (χ0) is 15.7. The molecule has 22 heavy (non-hydrogen) atoms. The molecule has 2 aliphatic rings. The molecule has 1 aromatic rings. The predicted octanol–water partition coefficient (Wildman–Crippen LogP) is 1.98. The Kier molecular flexibility index (Phi) is 3.45. The Bertz CT molecular complexity index is 909. The quantitative estimate of drug-likeness (QED) is 0.860. The fraction of sp³-hybridized carbons (Fsp3) is 0.222. The number of hydrogen-bond donors (Lipinski definition) is 1. The summed E-state index contributed by atoms with van der Waals surface area (Å²) in [7, 11) is 0. The van der Waals surface area contributed by atoms with Gasteiger partial charge in [-0.1, -0.05) is 44.2 Å². The molecule has 0 amide bonds. The number of fused-ring (bicyclic) bond motifs is 1. The molecular formula is C18H17NO3. The van der Waals surface area contributed by atoms with E-state index < -0.39 is 0 Å². The number of aliphatic hydroxyl groups is 1. The molecule has 1 heterocycles. The van der Waals surface area contributed by atoms with E-state index in [9.17, 15) is 9.90 Å². The van der Waals surface area contributed by atoms with Crippen LogP contribution in [0.3, 0.4) is 0 Å². The van der Waals surface area contributed by atoms with Crippen LogP contribution in [0.1, 0.15) is 26.2 Å². The maximum atomic E-state index is 12.2. The Morgan fingerprint density at radius 3 is 2.91 bits per heavy atom. The third kappa shape index (κ3) is 2.72. The van der Waals surface area contributed by atoms with Crippen LogP contribution >= 0.6 is 0 Å². The van der Waals surface area contributed by atoms with E-state index in [1.165, 1.54) is 0 Å². The van der Waals surface area contributed by atoms with Crippen molar-refractivity contribution in [1.29, 1.82) is 0 Å². The van der Waals surface area contributed by atoms with Crippen molar-refractivity contribution in [3.8, 4) is 0 Å². The van der Waals surface area contributed by atoms with E-state index >= 15 is 0 Å². The average Bonchev–Trinajstić information content (AvgIpc) is 2.74. The molecule has 0 atom stereocenters. The normalized spacial score (nSPS) is 19.0. The smallest absolute Gasteiger partial charge is 0.283 e. The van der Waals surface area contributed by atoms with Crippen molar-refractivity contribution >= 4 is 17.7 Å². The molecular weight excluding hydrogens is 278 g/mol. The highest BCUT2D eigenvalue weighted by Crippen LogP contribution is 2.29. The Balaban J connectivity index is 2.21. The number of aromatic nitrogens is 1. The number of rotatable bonds is 1. The van der Waals surface area contributed by atoms with E-state index in [2.05, 4.69) is 4.98 Å². The van der Waals surface area contributed by atoms with Gasteiger partial charge in [0.15, 0.2) is 0 Å². The molecule has 3 rings (SSSR count). The Labute approximate surface area is 127 Å². The van der Waals surface area contributed by atoms with Gasteiger partial charge in [-0.15, -0.1) is 0 Å². The van der Waals surface area contributed by atoms with Gasteiger partial charge in [0.25, 0.3) is 5.56 Å². The summed E-state index contributed by atoms with van der Waals surface area (Å²) in [5.74, 6) is 0.179. The summed E-state index contributed by atoms with van der Waals surface area (Å²) in [6.07, 6.45) is 15.2. The summed E-state index contributed by atoms with van der Waals surface area (Å²) in [5.41, 5.74) is 0.238. The zero-order valence-corrected chi connectivity index (χ0v) is 12.5. The molecule has 112 valence electrons. The lowest BCUT2D eigenvalue weighted by Crippen LogP contribution is -2.41. The van der Waals surface area contributed by atoms with Gasteiger partial charge < -0.3 is 9.52 Å². The van der Waals surface area contributed by atoms with Gasteiger partial charge in [-0.3, -0.25) is 4.79 Å². The largest absolute Gasteiger partial charge is 0.507 e. The summed E-state index contributed by atoms with van der Waals surface area (Å²) in [6.45, 7) is 3.95. The fourth-order valence-electron chi connectivity index (χ4n) is 2.42. The highest BCUT2D eigenvalue weighted by Gasteiger charge is 2.20. The maximum absolute atomic E-state index is 12.2. The molecule has 1 aromatic heterocycles. The average molecular weight is 295 g/mol. The summed E-state index contributed by atoms with van der Waals surface area (Å²) in [5, 5.41) is 10.8. The highest BCUT2D eigenvalue weighted by atomic mass is 16.3. The standard InChI is InChI=1S/C18H17NO3/c1-18(2)10-6-8-12(14(20)11-18)17-19-16(21)13-7-4-3-5-9-15(13)22-17/h3,5-11,20H,4H2,1-2H3. The minimum atomic E-state index is -0.350. The molecule has 0 saturated carbocycles. The maximum Gasteiger partial charge on any atom is 0.283 e. The van der Waals surface area contributed by atoms with E-state index in [1.807, 2.05) is 38.2 Å². The van der Waals surface area contributed by atoms with Crippen LogP contribution in [-0.4, -0.2) is 10.1 Å². The topological polar surface area (TPSA) is 63.3 Å². The first-order valence-corrected chi connectivity index (χ1v) is 7.17. The van der Waals surface area contributed by atoms with Gasteiger partial charge in [-0.25, -0.2) is 0 Å². The van der Waals surface area contributed by atoms with Crippen LogP contribution in [0.4, 0.5) is 0 Å². The molecule has 4 nitrogen and oxygen atoms in total. The third-order valence-electron chi connectivity index (χ3n) is 3.55. The van der Waals surface area contributed by atoms with Crippen molar-refractivity contribution in [3.63, 3.8) is 0 Å². The number of hydrogen-bond acceptors (Lipinski definition) is 4. The van der Waals surface area contributed by atoms with Gasteiger partial charge in [0.1, 0.15) is 11.2 Å². The predicted molar refractivity (Wildman–Crippen MR) is 86.3 cm³/mol. The number of allylic oxidation sites excluding steroid dienone is 7. The molecule has 0 aromatic carbocycles. The Hall–Kier alpha value is -2.62. The lowest BCUT2D eigenvalue weighted by atomic mass is 9.92. The van der Waals surface area contributed by atoms with Gasteiger partial charge in [0, 0.05) is 5.41 Å². The van der Waals surface area contributed by atoms with Crippen molar-refractivity contribution in [2.45, 2.75) is 20.3 Å². The van der Waals surface area contributed by atoms with E-state index in [0.29, 0.717) is 22.6 Å². The monoisotopic (exact) mass is 295 g/mol. The molecule has 0 bridgehead atoms. The lowest BCUT2D eigenvalue weighted by Gasteiger charge is -2.13. The van der Waals surface area contributed by atoms with Crippen LogP contribution in [0.2, 0.25) is 0 Å². The van der Waals surface area contributed by atoms with E-state index in [1.54, 1.807) is 24.3 Å². The number of nitrogens with zero attached hydrogens (tertiary/aromatic N) is 1. The van der Waals surface area contributed by atoms with Crippen molar-refractivity contribution in [3.05, 3.63) is 69.1 Å². The minimum absolute atomic E-state index is 0.0544. The molecule has 0 spiro atoms. The highest BCUT2D eigenvalue weighted by molar-refractivity contribution is 5.74. The van der Waals surface area contributed by atoms with Gasteiger partial charge in [0.2, 0.25) is 5.89 Å². The second kappa shape index (κ2) is 5.30. The summed E-state index contributed by atoms with van der Waals surface area (Å²) >= 11 is 0. The second-order valence-electron chi connectivity index (χ2n) is 5.93. The molecule has 0 aliphatic heterocycles. The molecule has 0 fully saturated rings. The van der Waals surface area contributed by atoms with Crippen LogP contribution in [0.5, 0.6) is 0 Å².